The maximum absolute atomic E-state index is 12.0. The van der Waals surface area contributed by atoms with Gasteiger partial charge >= 0.3 is 7.12 Å². The number of nitrogens with zero attached hydrogens (tertiary/aromatic N) is 1. The molecule has 0 fully saturated rings. The molecule has 8 heteroatoms. The molecule has 17 heavy (non-hydrogen) atoms. The summed E-state index contributed by atoms with van der Waals surface area (Å²) < 4.78 is 29.9. The molecule has 0 bridgehead atoms. The quantitative estimate of drug-likeness (QED) is 0.651. The zero-order valence-corrected chi connectivity index (χ0v) is 10.6. The van der Waals surface area contributed by atoms with E-state index < -0.39 is 17.1 Å². The van der Waals surface area contributed by atoms with Crippen molar-refractivity contribution in [3.8, 4) is 5.75 Å². The number of sulfonamides is 1. The fourth-order valence-corrected chi connectivity index (χ4v) is 2.34. The summed E-state index contributed by atoms with van der Waals surface area (Å²) >= 11 is 0. The van der Waals surface area contributed by atoms with E-state index in [0.29, 0.717) is 0 Å². The largest absolute Gasteiger partial charge is 0.495 e. The van der Waals surface area contributed by atoms with Gasteiger partial charge in [0.1, 0.15) is 10.6 Å². The Hall–Kier alpha value is -1.09. The Kier molecular flexibility index (Phi) is 4.15. The standard InChI is InChI=1S/C9H14BNO5S/c1-11(2)17(14,15)9-6-7(10(12)13)4-5-8(9)16-3/h4-6,12-13H,1-3H3. The first-order chi connectivity index (χ1) is 7.80. The van der Waals surface area contributed by atoms with Crippen LogP contribution in [0.1, 0.15) is 0 Å². The second kappa shape index (κ2) is 5.05. The van der Waals surface area contributed by atoms with Crippen LogP contribution in [0, 0.1) is 0 Å². The average Bonchev–Trinajstić information content (AvgIpc) is 2.27. The first-order valence-corrected chi connectivity index (χ1v) is 6.21. The molecule has 0 saturated carbocycles. The van der Waals surface area contributed by atoms with Crippen LogP contribution in [0.3, 0.4) is 0 Å². The molecule has 94 valence electrons. The molecule has 0 spiro atoms. The molecule has 0 unspecified atom stereocenters. The van der Waals surface area contributed by atoms with Crippen LogP contribution in [0.5, 0.6) is 5.75 Å². The van der Waals surface area contributed by atoms with Gasteiger partial charge in [-0.05, 0) is 17.6 Å². The van der Waals surface area contributed by atoms with Gasteiger partial charge in [-0.2, -0.15) is 0 Å². The van der Waals surface area contributed by atoms with E-state index >= 15 is 0 Å². The molecular formula is C9H14BNO5S. The van der Waals surface area contributed by atoms with Gasteiger partial charge in [0.05, 0.1) is 7.11 Å². The van der Waals surface area contributed by atoms with Crippen molar-refractivity contribution in [3.05, 3.63) is 18.2 Å². The highest BCUT2D eigenvalue weighted by Gasteiger charge is 2.24. The number of hydrogen-bond donors (Lipinski definition) is 2. The van der Waals surface area contributed by atoms with Gasteiger partial charge in [-0.15, -0.1) is 0 Å². The molecule has 0 aliphatic carbocycles. The molecule has 0 saturated heterocycles. The van der Waals surface area contributed by atoms with Crippen LogP contribution in [0.25, 0.3) is 0 Å². The minimum atomic E-state index is -3.69. The van der Waals surface area contributed by atoms with Crippen LogP contribution in [-0.2, 0) is 10.0 Å². The summed E-state index contributed by atoms with van der Waals surface area (Å²) in [5.74, 6) is 0.156. The summed E-state index contributed by atoms with van der Waals surface area (Å²) in [5.41, 5.74) is 0.0891. The second-order valence-corrected chi connectivity index (χ2v) is 5.69. The lowest BCUT2D eigenvalue weighted by Crippen LogP contribution is -2.31. The third-order valence-corrected chi connectivity index (χ3v) is 4.08. The zero-order valence-electron chi connectivity index (χ0n) is 9.78. The number of rotatable bonds is 4. The summed E-state index contributed by atoms with van der Waals surface area (Å²) in [4.78, 5) is -0.101. The summed E-state index contributed by atoms with van der Waals surface area (Å²) in [6.45, 7) is 0. The highest BCUT2D eigenvalue weighted by atomic mass is 32.2. The van der Waals surface area contributed by atoms with E-state index in [4.69, 9.17) is 14.8 Å². The van der Waals surface area contributed by atoms with Gasteiger partial charge in [0.25, 0.3) is 0 Å². The molecular weight excluding hydrogens is 245 g/mol. The van der Waals surface area contributed by atoms with Crippen molar-refractivity contribution in [2.24, 2.45) is 0 Å². The first-order valence-electron chi connectivity index (χ1n) is 4.77. The van der Waals surface area contributed by atoms with E-state index in [2.05, 4.69) is 0 Å². The lowest BCUT2D eigenvalue weighted by atomic mass is 9.80. The van der Waals surface area contributed by atoms with Crippen LogP contribution in [-0.4, -0.2) is 51.1 Å². The Balaban J connectivity index is 3.44. The highest BCUT2D eigenvalue weighted by molar-refractivity contribution is 7.89. The van der Waals surface area contributed by atoms with Gasteiger partial charge in [-0.1, -0.05) is 6.07 Å². The molecule has 0 atom stereocenters. The Labute approximate surface area is 101 Å². The first kappa shape index (κ1) is 14.0. The maximum atomic E-state index is 12.0. The minimum absolute atomic E-state index is 0.0891. The van der Waals surface area contributed by atoms with E-state index in [9.17, 15) is 8.42 Å². The average molecular weight is 259 g/mol. The van der Waals surface area contributed by atoms with Crippen molar-refractivity contribution in [2.45, 2.75) is 4.90 Å². The minimum Gasteiger partial charge on any atom is -0.495 e. The highest BCUT2D eigenvalue weighted by Crippen LogP contribution is 2.24. The molecule has 2 N–H and O–H groups in total. The second-order valence-electron chi connectivity index (χ2n) is 3.57. The Morgan fingerprint density at radius 3 is 2.29 bits per heavy atom. The van der Waals surface area contributed by atoms with Gasteiger partial charge in [-0.25, -0.2) is 12.7 Å². The zero-order chi connectivity index (χ0) is 13.2. The normalized spacial score (nSPS) is 11.6. The molecule has 6 nitrogen and oxygen atoms in total. The monoisotopic (exact) mass is 259 g/mol. The summed E-state index contributed by atoms with van der Waals surface area (Å²) in [6, 6.07) is 3.95. The fraction of sp³-hybridized carbons (Fsp3) is 0.333. The SMILES string of the molecule is COc1ccc(B(O)O)cc1S(=O)(=O)N(C)C. The third-order valence-electron chi connectivity index (χ3n) is 2.24. The summed E-state index contributed by atoms with van der Waals surface area (Å²) in [7, 11) is -1.30. The predicted molar refractivity (Wildman–Crippen MR) is 63.7 cm³/mol. The van der Waals surface area contributed by atoms with Gasteiger partial charge in [0.2, 0.25) is 10.0 Å². The van der Waals surface area contributed by atoms with Crippen molar-refractivity contribution in [1.29, 1.82) is 0 Å². The molecule has 0 radical (unpaired) electrons. The van der Waals surface area contributed by atoms with E-state index in [-0.39, 0.29) is 16.1 Å². The van der Waals surface area contributed by atoms with Crippen molar-refractivity contribution >= 4 is 22.6 Å². The summed E-state index contributed by atoms with van der Waals surface area (Å²) in [6.07, 6.45) is 0. The lowest BCUT2D eigenvalue weighted by Gasteiger charge is -2.15. The van der Waals surface area contributed by atoms with Gasteiger partial charge in [0, 0.05) is 14.1 Å². The molecule has 0 aliphatic rings. The third kappa shape index (κ3) is 2.78. The van der Waals surface area contributed by atoms with Gasteiger partial charge < -0.3 is 14.8 Å². The van der Waals surface area contributed by atoms with E-state index in [1.54, 1.807) is 0 Å². The fourth-order valence-electron chi connectivity index (χ4n) is 1.25. The van der Waals surface area contributed by atoms with Crippen molar-refractivity contribution in [3.63, 3.8) is 0 Å². The van der Waals surface area contributed by atoms with Crippen molar-refractivity contribution in [2.75, 3.05) is 21.2 Å². The van der Waals surface area contributed by atoms with Crippen LogP contribution in [0.2, 0.25) is 0 Å². The van der Waals surface area contributed by atoms with Gasteiger partial charge in [-0.3, -0.25) is 0 Å². The molecule has 1 aromatic rings. The van der Waals surface area contributed by atoms with Crippen LogP contribution in [0.4, 0.5) is 0 Å². The van der Waals surface area contributed by atoms with Crippen LogP contribution < -0.4 is 10.2 Å². The van der Waals surface area contributed by atoms with E-state index in [0.717, 1.165) is 4.31 Å². The Morgan fingerprint density at radius 1 is 1.29 bits per heavy atom. The molecule has 1 rings (SSSR count). The molecule has 0 heterocycles. The number of methoxy groups -OCH3 is 1. The van der Waals surface area contributed by atoms with Crippen molar-refractivity contribution < 1.29 is 23.2 Å². The lowest BCUT2D eigenvalue weighted by molar-refractivity contribution is 0.400. The summed E-state index contributed by atoms with van der Waals surface area (Å²) in [5, 5.41) is 18.0. The van der Waals surface area contributed by atoms with Crippen LogP contribution in [0.15, 0.2) is 23.1 Å². The number of hydrogen-bond acceptors (Lipinski definition) is 5. The molecule has 0 aliphatic heterocycles. The molecule has 0 amide bonds. The number of benzene rings is 1. The van der Waals surface area contributed by atoms with Gasteiger partial charge in [0.15, 0.2) is 0 Å². The smallest absolute Gasteiger partial charge is 0.488 e. The predicted octanol–water partition coefficient (Wildman–Crippen LogP) is -1.37. The molecule has 0 aromatic heterocycles. The van der Waals surface area contributed by atoms with Crippen molar-refractivity contribution in [1.82, 2.24) is 4.31 Å². The molecule has 1 aromatic carbocycles. The maximum Gasteiger partial charge on any atom is 0.488 e. The topological polar surface area (TPSA) is 87.1 Å². The van der Waals surface area contributed by atoms with Crippen LogP contribution >= 0.6 is 0 Å². The Morgan fingerprint density at radius 2 is 1.88 bits per heavy atom. The van der Waals surface area contributed by atoms with E-state index in [1.807, 2.05) is 0 Å². The number of ether oxygens (including phenoxy) is 1. The van der Waals surface area contributed by atoms with E-state index in [1.165, 1.54) is 39.4 Å². The Bertz CT molecular complexity index is 500.